The summed E-state index contributed by atoms with van der Waals surface area (Å²) < 4.78 is 10.6. The van der Waals surface area contributed by atoms with E-state index < -0.39 is 5.92 Å². The number of hydrogen-bond acceptors (Lipinski definition) is 5. The summed E-state index contributed by atoms with van der Waals surface area (Å²) in [6.45, 7) is 5.95. The van der Waals surface area contributed by atoms with Gasteiger partial charge < -0.3 is 9.47 Å². The van der Waals surface area contributed by atoms with E-state index in [1.807, 2.05) is 0 Å². The van der Waals surface area contributed by atoms with Crippen molar-refractivity contribution in [3.63, 3.8) is 0 Å². The molecule has 0 amide bonds. The molecule has 5 nitrogen and oxygen atoms in total. The maximum Gasteiger partial charge on any atom is 0.305 e. The molecule has 0 rings (SSSR count). The minimum atomic E-state index is -0.572. The van der Waals surface area contributed by atoms with E-state index >= 15 is 0 Å². The minimum absolute atomic E-state index is 0.00206. The molecule has 5 heteroatoms. The Kier molecular flexibility index (Phi) is 27.6. The van der Waals surface area contributed by atoms with E-state index in [2.05, 4.69) is 13.8 Å². The van der Waals surface area contributed by atoms with Gasteiger partial charge in [0, 0.05) is 12.8 Å². The second kappa shape index (κ2) is 28.6. The van der Waals surface area contributed by atoms with Crippen molar-refractivity contribution in [3.05, 3.63) is 0 Å². The van der Waals surface area contributed by atoms with Crippen LogP contribution in [0.3, 0.4) is 0 Å². The molecule has 0 aromatic rings. The van der Waals surface area contributed by atoms with Crippen molar-refractivity contribution in [2.45, 2.75) is 175 Å². The Labute approximate surface area is 235 Å². The van der Waals surface area contributed by atoms with Crippen LogP contribution < -0.4 is 0 Å². The third-order valence-corrected chi connectivity index (χ3v) is 7.43. The molecule has 0 heterocycles. The molecule has 38 heavy (non-hydrogen) atoms. The van der Waals surface area contributed by atoms with Gasteiger partial charge in [0.15, 0.2) is 0 Å². The Hall–Kier alpha value is -1.39. The van der Waals surface area contributed by atoms with Crippen LogP contribution in [0.2, 0.25) is 0 Å². The minimum Gasteiger partial charge on any atom is -0.465 e. The molecule has 0 saturated heterocycles. The summed E-state index contributed by atoms with van der Waals surface area (Å²) >= 11 is 0. The molecule has 0 N–H and O–H groups in total. The second-order valence-corrected chi connectivity index (χ2v) is 11.2. The molecule has 0 spiro atoms. The van der Waals surface area contributed by atoms with Gasteiger partial charge in [-0.3, -0.25) is 14.4 Å². The molecular formula is C33H62O5. The molecule has 0 aromatic heterocycles. The number of Topliss-reactive ketones (excluding diaryl/α,β-unsaturated/α-hetero) is 1. The Balaban J connectivity index is 3.69. The van der Waals surface area contributed by atoms with Crippen LogP contribution in [0.4, 0.5) is 0 Å². The van der Waals surface area contributed by atoms with Crippen molar-refractivity contribution in [2.75, 3.05) is 13.2 Å². The number of ketones is 1. The summed E-state index contributed by atoms with van der Waals surface area (Å²) in [6, 6.07) is 0. The number of unbranched alkanes of at least 4 members (excludes halogenated alkanes) is 20. The molecule has 0 aliphatic heterocycles. The molecule has 0 bridgehead atoms. The first-order valence-electron chi connectivity index (χ1n) is 16.3. The molecule has 0 radical (unpaired) electrons. The van der Waals surface area contributed by atoms with Gasteiger partial charge in [0.1, 0.15) is 19.0 Å². The van der Waals surface area contributed by atoms with E-state index in [9.17, 15) is 14.4 Å². The Morgan fingerprint density at radius 3 is 0.974 bits per heavy atom. The normalized spacial score (nSPS) is 11.2. The molecular weight excluding hydrogens is 476 g/mol. The SMILES string of the molecule is CCCCCCCCCCCCCC(=O)OCC(COC(=O)CCCCCCCCCCCCC)C(C)=O. The van der Waals surface area contributed by atoms with E-state index in [0.29, 0.717) is 12.8 Å². The number of esters is 2. The number of rotatable bonds is 29. The summed E-state index contributed by atoms with van der Waals surface area (Å²) in [5.41, 5.74) is 0. The highest BCUT2D eigenvalue weighted by molar-refractivity contribution is 5.79. The maximum atomic E-state index is 12.1. The van der Waals surface area contributed by atoms with Crippen LogP contribution in [0.25, 0.3) is 0 Å². The number of carbonyl (C=O) groups excluding carboxylic acids is 3. The van der Waals surface area contributed by atoms with Gasteiger partial charge in [-0.1, -0.05) is 142 Å². The third-order valence-electron chi connectivity index (χ3n) is 7.43. The molecule has 0 aromatic carbocycles. The van der Waals surface area contributed by atoms with Crippen molar-refractivity contribution >= 4 is 17.7 Å². The standard InChI is InChI=1S/C33H62O5/c1-4-6-8-10-12-14-16-18-20-22-24-26-32(35)37-28-31(30(3)34)29-38-33(36)27-25-23-21-19-17-15-13-11-9-7-5-2/h31H,4-29H2,1-3H3. The Morgan fingerprint density at radius 2 is 0.711 bits per heavy atom. The predicted octanol–water partition coefficient (Wildman–Crippen LogP) is 9.68. The third kappa shape index (κ3) is 26.2. The molecule has 0 aliphatic carbocycles. The molecule has 0 atom stereocenters. The van der Waals surface area contributed by atoms with Gasteiger partial charge in [-0.05, 0) is 19.8 Å². The fraction of sp³-hybridized carbons (Fsp3) is 0.909. The van der Waals surface area contributed by atoms with Crippen LogP contribution in [0.15, 0.2) is 0 Å². The summed E-state index contributed by atoms with van der Waals surface area (Å²) in [6.07, 6.45) is 28.0. The highest BCUT2D eigenvalue weighted by Gasteiger charge is 2.19. The van der Waals surface area contributed by atoms with Gasteiger partial charge in [0.05, 0.1) is 5.92 Å². The van der Waals surface area contributed by atoms with E-state index in [1.165, 1.54) is 110 Å². The molecule has 224 valence electrons. The molecule has 0 unspecified atom stereocenters. The smallest absolute Gasteiger partial charge is 0.305 e. The zero-order chi connectivity index (χ0) is 28.1. The van der Waals surface area contributed by atoms with Crippen LogP contribution in [0.1, 0.15) is 175 Å². The quantitative estimate of drug-likeness (QED) is 0.0700. The van der Waals surface area contributed by atoms with Crippen molar-refractivity contribution < 1.29 is 23.9 Å². The summed E-state index contributed by atoms with van der Waals surface area (Å²) in [5, 5.41) is 0. The average molecular weight is 539 g/mol. The second-order valence-electron chi connectivity index (χ2n) is 11.2. The fourth-order valence-electron chi connectivity index (χ4n) is 4.68. The van der Waals surface area contributed by atoms with Gasteiger partial charge in [0.2, 0.25) is 0 Å². The summed E-state index contributed by atoms with van der Waals surface area (Å²) in [7, 11) is 0. The number of ether oxygens (including phenoxy) is 2. The lowest BCUT2D eigenvalue weighted by Crippen LogP contribution is -2.26. The van der Waals surface area contributed by atoms with Crippen LogP contribution in [-0.2, 0) is 23.9 Å². The number of hydrogen-bond donors (Lipinski definition) is 0. The highest BCUT2D eigenvalue weighted by Crippen LogP contribution is 2.14. The summed E-state index contributed by atoms with van der Waals surface area (Å²) in [5.74, 6) is -1.22. The Bertz CT molecular complexity index is 518. The van der Waals surface area contributed by atoms with Crippen LogP contribution in [-0.4, -0.2) is 30.9 Å². The van der Waals surface area contributed by atoms with E-state index in [-0.39, 0.29) is 30.9 Å². The molecule has 0 aliphatic rings. The fourth-order valence-corrected chi connectivity index (χ4v) is 4.68. The molecule has 0 fully saturated rings. The lowest BCUT2D eigenvalue weighted by Gasteiger charge is -2.14. The predicted molar refractivity (Wildman–Crippen MR) is 158 cm³/mol. The zero-order valence-electron chi connectivity index (χ0n) is 25.5. The van der Waals surface area contributed by atoms with Gasteiger partial charge in [-0.15, -0.1) is 0 Å². The monoisotopic (exact) mass is 538 g/mol. The van der Waals surface area contributed by atoms with Gasteiger partial charge >= 0.3 is 11.9 Å². The first-order valence-corrected chi connectivity index (χ1v) is 16.3. The topological polar surface area (TPSA) is 69.7 Å². The average Bonchev–Trinajstić information content (AvgIpc) is 2.90. The first kappa shape index (κ1) is 36.6. The summed E-state index contributed by atoms with van der Waals surface area (Å²) in [4.78, 5) is 36.0. The zero-order valence-corrected chi connectivity index (χ0v) is 25.5. The lowest BCUT2D eigenvalue weighted by molar-refractivity contribution is -0.150. The lowest BCUT2D eigenvalue weighted by atomic mass is 10.1. The van der Waals surface area contributed by atoms with Crippen LogP contribution in [0.5, 0.6) is 0 Å². The first-order chi connectivity index (χ1) is 18.5. The largest absolute Gasteiger partial charge is 0.465 e. The van der Waals surface area contributed by atoms with Crippen molar-refractivity contribution in [2.24, 2.45) is 5.92 Å². The molecule has 0 saturated carbocycles. The maximum absolute atomic E-state index is 12.1. The van der Waals surface area contributed by atoms with E-state index in [1.54, 1.807) is 0 Å². The van der Waals surface area contributed by atoms with Crippen LogP contribution >= 0.6 is 0 Å². The van der Waals surface area contributed by atoms with E-state index in [0.717, 1.165) is 38.5 Å². The van der Waals surface area contributed by atoms with E-state index in [4.69, 9.17) is 9.47 Å². The van der Waals surface area contributed by atoms with Crippen molar-refractivity contribution in [3.8, 4) is 0 Å². The highest BCUT2D eigenvalue weighted by atomic mass is 16.5. The van der Waals surface area contributed by atoms with Crippen molar-refractivity contribution in [1.82, 2.24) is 0 Å². The van der Waals surface area contributed by atoms with Gasteiger partial charge in [-0.25, -0.2) is 0 Å². The van der Waals surface area contributed by atoms with Crippen LogP contribution in [0, 0.1) is 5.92 Å². The number of carbonyl (C=O) groups is 3. The van der Waals surface area contributed by atoms with Crippen molar-refractivity contribution in [1.29, 1.82) is 0 Å². The Morgan fingerprint density at radius 1 is 0.447 bits per heavy atom. The van der Waals surface area contributed by atoms with Gasteiger partial charge in [0.25, 0.3) is 0 Å². The van der Waals surface area contributed by atoms with Gasteiger partial charge in [-0.2, -0.15) is 0 Å².